The van der Waals surface area contributed by atoms with Crippen LogP contribution in [0.25, 0.3) is 0 Å². The quantitative estimate of drug-likeness (QED) is 0.502. The number of anilines is 1. The van der Waals surface area contributed by atoms with Crippen molar-refractivity contribution in [2.24, 2.45) is 5.73 Å². The molecule has 0 aliphatic carbocycles. The maximum atomic E-state index is 11.8. The van der Waals surface area contributed by atoms with Crippen LogP contribution in [-0.4, -0.2) is 30.3 Å². The number of nitro groups is 1. The summed E-state index contributed by atoms with van der Waals surface area (Å²) in [5.74, 6) is -1.18. The standard InChI is InChI=1S/C11H14N4O4/c1-13-7-2-3-9(15(18)19)8(6-7)11(17)14-5-4-10(12)16/h2-3,6,13H,4-5H2,1H3,(H2,12,16)(H,14,17). The Kier molecular flexibility index (Phi) is 4.81. The van der Waals surface area contributed by atoms with Gasteiger partial charge in [-0.05, 0) is 12.1 Å². The van der Waals surface area contributed by atoms with E-state index in [2.05, 4.69) is 10.6 Å². The van der Waals surface area contributed by atoms with Crippen molar-refractivity contribution in [2.75, 3.05) is 18.9 Å². The molecule has 0 bridgehead atoms. The molecule has 8 heteroatoms. The van der Waals surface area contributed by atoms with Gasteiger partial charge in [0.25, 0.3) is 11.6 Å². The molecule has 4 N–H and O–H groups in total. The fourth-order valence-electron chi connectivity index (χ4n) is 1.43. The number of rotatable bonds is 6. The van der Waals surface area contributed by atoms with Crippen LogP contribution in [0.2, 0.25) is 0 Å². The summed E-state index contributed by atoms with van der Waals surface area (Å²) in [5.41, 5.74) is 5.14. The molecule has 0 unspecified atom stereocenters. The third-order valence-electron chi connectivity index (χ3n) is 2.38. The first-order valence-corrected chi connectivity index (χ1v) is 5.48. The largest absolute Gasteiger partial charge is 0.388 e. The second-order valence-electron chi connectivity index (χ2n) is 3.71. The van der Waals surface area contributed by atoms with Crippen LogP contribution in [0.4, 0.5) is 11.4 Å². The molecule has 0 atom stereocenters. The van der Waals surface area contributed by atoms with E-state index in [9.17, 15) is 19.7 Å². The Morgan fingerprint density at radius 1 is 1.42 bits per heavy atom. The molecular formula is C11H14N4O4. The summed E-state index contributed by atoms with van der Waals surface area (Å²) in [6.07, 6.45) is -0.0226. The summed E-state index contributed by atoms with van der Waals surface area (Å²) in [4.78, 5) is 32.6. The molecule has 1 rings (SSSR count). The van der Waals surface area contributed by atoms with Crippen molar-refractivity contribution in [3.8, 4) is 0 Å². The number of nitrogens with one attached hydrogen (secondary N) is 2. The van der Waals surface area contributed by atoms with Gasteiger partial charge in [-0.2, -0.15) is 0 Å². The molecular weight excluding hydrogens is 252 g/mol. The zero-order valence-electron chi connectivity index (χ0n) is 10.3. The molecule has 0 aliphatic rings. The van der Waals surface area contributed by atoms with Crippen LogP contribution in [0.15, 0.2) is 18.2 Å². The number of hydrogen-bond acceptors (Lipinski definition) is 5. The molecule has 1 aromatic rings. The first-order valence-electron chi connectivity index (χ1n) is 5.48. The van der Waals surface area contributed by atoms with Crippen molar-refractivity contribution < 1.29 is 14.5 Å². The van der Waals surface area contributed by atoms with Crippen molar-refractivity contribution in [2.45, 2.75) is 6.42 Å². The molecule has 0 radical (unpaired) electrons. The van der Waals surface area contributed by atoms with E-state index < -0.39 is 16.7 Å². The van der Waals surface area contributed by atoms with Crippen LogP contribution in [0.1, 0.15) is 16.8 Å². The molecule has 0 saturated carbocycles. The zero-order chi connectivity index (χ0) is 14.4. The van der Waals surface area contributed by atoms with E-state index in [0.717, 1.165) is 0 Å². The molecule has 2 amide bonds. The van der Waals surface area contributed by atoms with Gasteiger partial charge in [0.1, 0.15) is 5.56 Å². The molecule has 19 heavy (non-hydrogen) atoms. The van der Waals surface area contributed by atoms with Crippen LogP contribution in [0.5, 0.6) is 0 Å². The lowest BCUT2D eigenvalue weighted by Crippen LogP contribution is -2.28. The van der Waals surface area contributed by atoms with E-state index in [1.54, 1.807) is 7.05 Å². The van der Waals surface area contributed by atoms with Crippen molar-refractivity contribution in [3.05, 3.63) is 33.9 Å². The molecule has 8 nitrogen and oxygen atoms in total. The fourth-order valence-corrected chi connectivity index (χ4v) is 1.43. The molecule has 102 valence electrons. The number of amides is 2. The second-order valence-corrected chi connectivity index (χ2v) is 3.71. The lowest BCUT2D eigenvalue weighted by molar-refractivity contribution is -0.385. The molecule has 1 aromatic carbocycles. The third-order valence-corrected chi connectivity index (χ3v) is 2.38. The number of primary amides is 1. The lowest BCUT2D eigenvalue weighted by atomic mass is 10.1. The Balaban J connectivity index is 2.92. The zero-order valence-corrected chi connectivity index (χ0v) is 10.3. The smallest absolute Gasteiger partial charge is 0.282 e. The summed E-state index contributed by atoms with van der Waals surface area (Å²) in [5, 5.41) is 16.0. The van der Waals surface area contributed by atoms with Crippen LogP contribution in [0, 0.1) is 10.1 Å². The summed E-state index contributed by atoms with van der Waals surface area (Å²) in [7, 11) is 1.63. The lowest BCUT2D eigenvalue weighted by Gasteiger charge is -2.07. The minimum absolute atomic E-state index is 0.0226. The fraction of sp³-hybridized carbons (Fsp3) is 0.273. The Hall–Kier alpha value is -2.64. The second kappa shape index (κ2) is 6.34. The van der Waals surface area contributed by atoms with E-state index in [0.29, 0.717) is 5.69 Å². The number of hydrogen-bond donors (Lipinski definition) is 3. The number of nitro benzene ring substituents is 1. The number of nitrogens with two attached hydrogens (primary N) is 1. The normalized spacial score (nSPS) is 9.74. The van der Waals surface area contributed by atoms with Crippen LogP contribution < -0.4 is 16.4 Å². The average Bonchev–Trinajstić information content (AvgIpc) is 2.37. The topological polar surface area (TPSA) is 127 Å². The van der Waals surface area contributed by atoms with Gasteiger partial charge in [0.15, 0.2) is 0 Å². The highest BCUT2D eigenvalue weighted by Gasteiger charge is 2.20. The molecule has 0 aliphatic heterocycles. The van der Waals surface area contributed by atoms with E-state index in [4.69, 9.17) is 5.73 Å². The predicted octanol–water partition coefficient (Wildman–Crippen LogP) is 0.242. The molecule has 0 fully saturated rings. The Morgan fingerprint density at radius 2 is 2.11 bits per heavy atom. The molecule has 0 spiro atoms. The Morgan fingerprint density at radius 3 is 2.63 bits per heavy atom. The van der Waals surface area contributed by atoms with Gasteiger partial charge in [-0.3, -0.25) is 19.7 Å². The van der Waals surface area contributed by atoms with Crippen molar-refractivity contribution in [3.63, 3.8) is 0 Å². The third kappa shape index (κ3) is 3.95. The van der Waals surface area contributed by atoms with Gasteiger partial charge in [0.2, 0.25) is 5.91 Å². The average molecular weight is 266 g/mol. The van der Waals surface area contributed by atoms with E-state index in [1.165, 1.54) is 18.2 Å². The molecule has 0 heterocycles. The van der Waals surface area contributed by atoms with E-state index >= 15 is 0 Å². The Bertz CT molecular complexity index is 515. The highest BCUT2D eigenvalue weighted by molar-refractivity contribution is 5.99. The van der Waals surface area contributed by atoms with Crippen molar-refractivity contribution >= 4 is 23.2 Å². The first-order chi connectivity index (χ1) is 8.95. The number of nitrogens with zero attached hydrogens (tertiary/aromatic N) is 1. The highest BCUT2D eigenvalue weighted by Crippen LogP contribution is 2.22. The molecule has 0 aromatic heterocycles. The SMILES string of the molecule is CNc1ccc([N+](=O)[O-])c(C(=O)NCCC(N)=O)c1. The van der Waals surface area contributed by atoms with Gasteiger partial charge >= 0.3 is 0 Å². The van der Waals surface area contributed by atoms with Crippen LogP contribution in [-0.2, 0) is 4.79 Å². The first kappa shape index (κ1) is 14.4. The maximum Gasteiger partial charge on any atom is 0.282 e. The van der Waals surface area contributed by atoms with E-state index in [-0.39, 0.29) is 24.2 Å². The summed E-state index contributed by atoms with van der Waals surface area (Å²) < 4.78 is 0. The number of benzene rings is 1. The van der Waals surface area contributed by atoms with Crippen molar-refractivity contribution in [1.82, 2.24) is 5.32 Å². The molecule has 0 saturated heterocycles. The van der Waals surface area contributed by atoms with E-state index in [1.807, 2.05) is 0 Å². The van der Waals surface area contributed by atoms with Crippen LogP contribution >= 0.6 is 0 Å². The highest BCUT2D eigenvalue weighted by atomic mass is 16.6. The van der Waals surface area contributed by atoms with Gasteiger partial charge in [-0.25, -0.2) is 0 Å². The van der Waals surface area contributed by atoms with Gasteiger partial charge in [0.05, 0.1) is 4.92 Å². The maximum absolute atomic E-state index is 11.8. The minimum atomic E-state index is -0.636. The summed E-state index contributed by atoms with van der Waals surface area (Å²) >= 11 is 0. The predicted molar refractivity (Wildman–Crippen MR) is 68.8 cm³/mol. The van der Waals surface area contributed by atoms with Crippen molar-refractivity contribution in [1.29, 1.82) is 0 Å². The minimum Gasteiger partial charge on any atom is -0.388 e. The van der Waals surface area contributed by atoms with Gasteiger partial charge in [0, 0.05) is 31.8 Å². The Labute approximate surface area is 109 Å². The number of carbonyl (C=O) groups is 2. The summed E-state index contributed by atoms with van der Waals surface area (Å²) in [6, 6.07) is 4.12. The van der Waals surface area contributed by atoms with Crippen LogP contribution in [0.3, 0.4) is 0 Å². The van der Waals surface area contributed by atoms with Gasteiger partial charge in [-0.1, -0.05) is 0 Å². The summed E-state index contributed by atoms with van der Waals surface area (Å²) in [6.45, 7) is 0.0368. The van der Waals surface area contributed by atoms with Gasteiger partial charge < -0.3 is 16.4 Å². The number of carbonyl (C=O) groups excluding carboxylic acids is 2. The van der Waals surface area contributed by atoms with Gasteiger partial charge in [-0.15, -0.1) is 0 Å². The monoisotopic (exact) mass is 266 g/mol.